The van der Waals surface area contributed by atoms with E-state index in [1.165, 1.54) is 30.9 Å². The maximum absolute atomic E-state index is 13.3. The fourth-order valence-electron chi connectivity index (χ4n) is 3.73. The topological polar surface area (TPSA) is 12.0 Å². The van der Waals surface area contributed by atoms with E-state index < -0.39 is 0 Å². The van der Waals surface area contributed by atoms with Crippen LogP contribution in [-0.2, 0) is 6.42 Å². The summed E-state index contributed by atoms with van der Waals surface area (Å²) in [6, 6.07) is 10.5. The van der Waals surface area contributed by atoms with Crippen LogP contribution in [0, 0.1) is 5.82 Å². The lowest BCUT2D eigenvalue weighted by Crippen LogP contribution is -2.42. The highest BCUT2D eigenvalue weighted by atomic mass is 32.1. The molecule has 21 heavy (non-hydrogen) atoms. The molecule has 2 aliphatic carbocycles. The van der Waals surface area contributed by atoms with Crippen LogP contribution in [0.1, 0.15) is 53.6 Å². The molecule has 0 radical (unpaired) electrons. The van der Waals surface area contributed by atoms with E-state index in [4.69, 9.17) is 0 Å². The van der Waals surface area contributed by atoms with Gasteiger partial charge in [0.05, 0.1) is 0 Å². The van der Waals surface area contributed by atoms with Gasteiger partial charge in [-0.3, -0.25) is 0 Å². The van der Waals surface area contributed by atoms with Crippen molar-refractivity contribution in [3.05, 3.63) is 57.5 Å². The first-order valence-corrected chi connectivity index (χ1v) is 8.75. The molecule has 110 valence electrons. The van der Waals surface area contributed by atoms with Gasteiger partial charge in [0, 0.05) is 17.0 Å². The first kappa shape index (κ1) is 13.5. The molecule has 0 saturated heterocycles. The summed E-state index contributed by atoms with van der Waals surface area (Å²) in [6.45, 7) is 0. The number of rotatable bonds is 3. The Morgan fingerprint density at radius 2 is 2.10 bits per heavy atom. The summed E-state index contributed by atoms with van der Waals surface area (Å²) in [5.74, 6) is 0.419. The van der Waals surface area contributed by atoms with Crippen LogP contribution in [0.2, 0.25) is 0 Å². The third kappa shape index (κ3) is 2.65. The van der Waals surface area contributed by atoms with E-state index in [9.17, 15) is 4.39 Å². The average Bonchev–Trinajstić information content (AvgIpc) is 2.91. The molecule has 1 aromatic heterocycles. The standard InChI is InChI=1S/C18H20FNS/c19-14-4-1-3-12(9-14)13-10-15(11-13)20-17-5-2-6-18-16(17)7-8-21-18/h1,3-4,7-9,13,15,17,20H,2,5-6,10-11H2. The maximum atomic E-state index is 13.3. The molecule has 1 atom stereocenters. The fourth-order valence-corrected chi connectivity index (χ4v) is 4.72. The SMILES string of the molecule is Fc1cccc(C2CC(NC3CCCc4sccc43)C2)c1. The summed E-state index contributed by atoms with van der Waals surface area (Å²) < 4.78 is 13.3. The predicted octanol–water partition coefficient (Wildman–Crippen LogP) is 4.80. The van der Waals surface area contributed by atoms with Gasteiger partial charge in [-0.1, -0.05) is 12.1 Å². The summed E-state index contributed by atoms with van der Waals surface area (Å²) in [6.07, 6.45) is 6.08. The summed E-state index contributed by atoms with van der Waals surface area (Å²) in [5.41, 5.74) is 2.69. The highest BCUT2D eigenvalue weighted by Crippen LogP contribution is 2.40. The van der Waals surface area contributed by atoms with Crippen LogP contribution in [0.4, 0.5) is 4.39 Å². The number of nitrogens with one attached hydrogen (secondary N) is 1. The van der Waals surface area contributed by atoms with Crippen LogP contribution in [0.25, 0.3) is 0 Å². The van der Waals surface area contributed by atoms with Crippen molar-refractivity contribution in [2.24, 2.45) is 0 Å². The van der Waals surface area contributed by atoms with E-state index >= 15 is 0 Å². The lowest BCUT2D eigenvalue weighted by molar-refractivity contribution is 0.255. The number of aryl methyl sites for hydroxylation is 1. The van der Waals surface area contributed by atoms with Gasteiger partial charge in [0.1, 0.15) is 5.82 Å². The first-order chi connectivity index (χ1) is 10.3. The summed E-state index contributed by atoms with van der Waals surface area (Å²) in [5, 5.41) is 6.05. The number of fused-ring (bicyclic) bond motifs is 1. The molecule has 1 N–H and O–H groups in total. The second-order valence-electron chi connectivity index (χ2n) is 6.33. The Morgan fingerprint density at radius 3 is 2.95 bits per heavy atom. The lowest BCUT2D eigenvalue weighted by atomic mass is 9.75. The molecule has 0 aliphatic heterocycles. The van der Waals surface area contributed by atoms with E-state index in [1.807, 2.05) is 17.4 Å². The molecule has 1 unspecified atom stereocenters. The van der Waals surface area contributed by atoms with Crippen molar-refractivity contribution in [1.29, 1.82) is 0 Å². The van der Waals surface area contributed by atoms with E-state index in [1.54, 1.807) is 10.9 Å². The van der Waals surface area contributed by atoms with Crippen molar-refractivity contribution >= 4 is 11.3 Å². The molecule has 0 spiro atoms. The molecule has 1 aromatic carbocycles. The van der Waals surface area contributed by atoms with Crippen molar-refractivity contribution in [1.82, 2.24) is 5.32 Å². The van der Waals surface area contributed by atoms with E-state index in [-0.39, 0.29) is 5.82 Å². The van der Waals surface area contributed by atoms with E-state index in [0.717, 1.165) is 18.4 Å². The highest BCUT2D eigenvalue weighted by Gasteiger charge is 2.33. The second kappa shape index (κ2) is 5.54. The third-order valence-corrected chi connectivity index (χ3v) is 5.94. The Labute approximate surface area is 129 Å². The van der Waals surface area contributed by atoms with Gasteiger partial charge in [0.15, 0.2) is 0 Å². The van der Waals surface area contributed by atoms with Crippen molar-refractivity contribution < 1.29 is 4.39 Å². The largest absolute Gasteiger partial charge is 0.307 e. The second-order valence-corrected chi connectivity index (χ2v) is 7.33. The maximum Gasteiger partial charge on any atom is 0.123 e. The van der Waals surface area contributed by atoms with Crippen molar-refractivity contribution in [3.63, 3.8) is 0 Å². The number of hydrogen-bond donors (Lipinski definition) is 1. The minimum atomic E-state index is -0.112. The van der Waals surface area contributed by atoms with Crippen LogP contribution in [-0.4, -0.2) is 6.04 Å². The van der Waals surface area contributed by atoms with E-state index in [0.29, 0.717) is 18.0 Å². The van der Waals surface area contributed by atoms with Gasteiger partial charge in [-0.15, -0.1) is 11.3 Å². The number of hydrogen-bond acceptors (Lipinski definition) is 2. The molecule has 0 bridgehead atoms. The Hall–Kier alpha value is -1.19. The molecule has 4 rings (SSSR count). The molecular formula is C18H20FNS. The summed E-state index contributed by atoms with van der Waals surface area (Å²) in [7, 11) is 0. The Bertz CT molecular complexity index is 630. The Kier molecular flexibility index (Phi) is 3.56. The Balaban J connectivity index is 1.37. The zero-order valence-electron chi connectivity index (χ0n) is 12.0. The monoisotopic (exact) mass is 301 g/mol. The Morgan fingerprint density at radius 1 is 1.19 bits per heavy atom. The predicted molar refractivity (Wildman–Crippen MR) is 85.3 cm³/mol. The van der Waals surface area contributed by atoms with Gasteiger partial charge in [-0.05, 0) is 72.7 Å². The molecule has 3 heteroatoms. The molecule has 1 heterocycles. The van der Waals surface area contributed by atoms with Crippen molar-refractivity contribution in [2.75, 3.05) is 0 Å². The zero-order valence-corrected chi connectivity index (χ0v) is 12.8. The van der Waals surface area contributed by atoms with Gasteiger partial charge in [-0.2, -0.15) is 0 Å². The van der Waals surface area contributed by atoms with Gasteiger partial charge >= 0.3 is 0 Å². The minimum absolute atomic E-state index is 0.112. The summed E-state index contributed by atoms with van der Waals surface area (Å²) in [4.78, 5) is 1.57. The minimum Gasteiger partial charge on any atom is -0.307 e. The van der Waals surface area contributed by atoms with Gasteiger partial charge in [0.25, 0.3) is 0 Å². The third-order valence-electron chi connectivity index (χ3n) is 4.95. The average molecular weight is 301 g/mol. The van der Waals surface area contributed by atoms with E-state index in [2.05, 4.69) is 22.8 Å². The van der Waals surface area contributed by atoms with Crippen LogP contribution in [0.5, 0.6) is 0 Å². The number of thiophene rings is 1. The first-order valence-electron chi connectivity index (χ1n) is 7.87. The van der Waals surface area contributed by atoms with Gasteiger partial charge < -0.3 is 5.32 Å². The van der Waals surface area contributed by atoms with Crippen LogP contribution in [0.3, 0.4) is 0 Å². The molecule has 2 aromatic rings. The van der Waals surface area contributed by atoms with Crippen LogP contribution < -0.4 is 5.32 Å². The molecular weight excluding hydrogens is 281 g/mol. The number of halogens is 1. The fraction of sp³-hybridized carbons (Fsp3) is 0.444. The van der Waals surface area contributed by atoms with Crippen molar-refractivity contribution in [3.8, 4) is 0 Å². The summed E-state index contributed by atoms with van der Waals surface area (Å²) >= 11 is 1.90. The quantitative estimate of drug-likeness (QED) is 0.858. The van der Waals surface area contributed by atoms with Crippen LogP contribution in [0.15, 0.2) is 35.7 Å². The van der Waals surface area contributed by atoms with Crippen LogP contribution >= 0.6 is 11.3 Å². The lowest BCUT2D eigenvalue weighted by Gasteiger charge is -2.39. The molecule has 2 aliphatic rings. The highest BCUT2D eigenvalue weighted by molar-refractivity contribution is 7.10. The smallest absolute Gasteiger partial charge is 0.123 e. The number of benzene rings is 1. The van der Waals surface area contributed by atoms with Gasteiger partial charge in [-0.25, -0.2) is 4.39 Å². The molecule has 0 amide bonds. The normalized spacial score (nSPS) is 28.0. The van der Waals surface area contributed by atoms with Gasteiger partial charge in [0.2, 0.25) is 0 Å². The molecule has 1 fully saturated rings. The molecule has 1 nitrogen and oxygen atoms in total. The van der Waals surface area contributed by atoms with Crippen molar-refractivity contribution in [2.45, 2.75) is 50.1 Å². The zero-order chi connectivity index (χ0) is 14.2. The molecule has 1 saturated carbocycles.